The van der Waals surface area contributed by atoms with Crippen molar-refractivity contribution in [2.45, 2.75) is 25.7 Å². The van der Waals surface area contributed by atoms with E-state index >= 15 is 0 Å². The molecule has 0 radical (unpaired) electrons. The smallest absolute Gasteiger partial charge is 0.0459 e. The van der Waals surface area contributed by atoms with Gasteiger partial charge in [-0.2, -0.15) is 0 Å². The molecule has 1 aromatic heterocycles. The Kier molecular flexibility index (Phi) is 4.65. The number of rotatable bonds is 4. The Labute approximate surface area is 149 Å². The molecule has 0 saturated carbocycles. The van der Waals surface area contributed by atoms with Crippen LogP contribution in [-0.2, 0) is 12.8 Å². The van der Waals surface area contributed by atoms with Crippen molar-refractivity contribution in [3.05, 3.63) is 94.3 Å². The molecule has 1 heterocycles. The predicted octanol–water partition coefficient (Wildman–Crippen LogP) is 6.23. The number of aromatic nitrogens is 1. The molecule has 0 amide bonds. The Morgan fingerprint density at radius 3 is 1.92 bits per heavy atom. The summed E-state index contributed by atoms with van der Waals surface area (Å²) in [5, 5.41) is 0. The molecular formula is C24H23N. The maximum Gasteiger partial charge on any atom is 0.0459 e. The van der Waals surface area contributed by atoms with Crippen molar-refractivity contribution >= 4 is 24.3 Å². The van der Waals surface area contributed by atoms with Crippen molar-refractivity contribution in [3.8, 4) is 0 Å². The van der Waals surface area contributed by atoms with Gasteiger partial charge in [-0.3, -0.25) is 0 Å². The number of hydrogen-bond donors (Lipinski definition) is 1. The summed E-state index contributed by atoms with van der Waals surface area (Å²) in [5.74, 6) is 0. The quantitative estimate of drug-likeness (QED) is 0.585. The highest BCUT2D eigenvalue weighted by Crippen LogP contribution is 2.29. The lowest BCUT2D eigenvalue weighted by molar-refractivity contribution is 0.676. The number of aromatic amines is 1. The third-order valence-electron chi connectivity index (χ3n) is 4.85. The SMILES string of the molecule is C(=C\c1[nH]c2c(c1/C=C/c1ccccc1)CCCC2)/c1ccccc1. The molecule has 124 valence electrons. The van der Waals surface area contributed by atoms with Crippen molar-refractivity contribution in [1.29, 1.82) is 0 Å². The first-order valence-electron chi connectivity index (χ1n) is 9.10. The number of hydrogen-bond acceptors (Lipinski definition) is 0. The van der Waals surface area contributed by atoms with Crippen LogP contribution in [0.4, 0.5) is 0 Å². The normalized spacial score (nSPS) is 14.2. The standard InChI is InChI=1S/C24H23N/c1-3-9-19(10-4-1)15-17-22-21-13-7-8-14-23(21)25-24(22)18-16-20-11-5-2-6-12-20/h1-6,9-12,15-18,25H,7-8,13-14H2/b17-15+,18-16+. The summed E-state index contributed by atoms with van der Waals surface area (Å²) in [5.41, 5.74) is 7.98. The summed E-state index contributed by atoms with van der Waals surface area (Å²) in [6.45, 7) is 0. The molecule has 0 fully saturated rings. The molecule has 1 nitrogen and oxygen atoms in total. The maximum absolute atomic E-state index is 3.67. The van der Waals surface area contributed by atoms with Gasteiger partial charge >= 0.3 is 0 Å². The Morgan fingerprint density at radius 2 is 1.24 bits per heavy atom. The van der Waals surface area contributed by atoms with Crippen LogP contribution in [0.25, 0.3) is 24.3 Å². The van der Waals surface area contributed by atoms with Gasteiger partial charge in [-0.25, -0.2) is 0 Å². The summed E-state index contributed by atoms with van der Waals surface area (Å²) in [6.07, 6.45) is 13.8. The van der Waals surface area contributed by atoms with Crippen LogP contribution in [0.5, 0.6) is 0 Å². The lowest BCUT2D eigenvalue weighted by Crippen LogP contribution is -2.00. The minimum Gasteiger partial charge on any atom is -0.358 e. The van der Waals surface area contributed by atoms with Crippen LogP contribution in [0, 0.1) is 0 Å². The minimum absolute atomic E-state index is 1.17. The molecule has 1 aliphatic rings. The fourth-order valence-electron chi connectivity index (χ4n) is 3.54. The van der Waals surface area contributed by atoms with Crippen LogP contribution < -0.4 is 0 Å². The van der Waals surface area contributed by atoms with Crippen LogP contribution in [0.1, 0.15) is 46.5 Å². The molecule has 25 heavy (non-hydrogen) atoms. The molecule has 1 N–H and O–H groups in total. The zero-order valence-electron chi connectivity index (χ0n) is 14.4. The average molecular weight is 325 g/mol. The number of aryl methyl sites for hydroxylation is 1. The van der Waals surface area contributed by atoms with Crippen molar-refractivity contribution in [1.82, 2.24) is 4.98 Å². The topological polar surface area (TPSA) is 15.8 Å². The van der Waals surface area contributed by atoms with Crippen LogP contribution in [0.15, 0.2) is 60.7 Å². The van der Waals surface area contributed by atoms with Crippen LogP contribution in [-0.4, -0.2) is 4.98 Å². The van der Waals surface area contributed by atoms with E-state index in [1.54, 1.807) is 0 Å². The number of H-pyrrole nitrogens is 1. The average Bonchev–Trinajstić information content (AvgIpc) is 3.04. The van der Waals surface area contributed by atoms with Gasteiger partial charge in [0.1, 0.15) is 0 Å². The molecule has 1 heteroatoms. The fraction of sp³-hybridized carbons (Fsp3) is 0.167. The van der Waals surface area contributed by atoms with E-state index in [9.17, 15) is 0 Å². The summed E-state index contributed by atoms with van der Waals surface area (Å²) in [6, 6.07) is 21.0. The molecule has 2 aromatic carbocycles. The van der Waals surface area contributed by atoms with Gasteiger partial charge in [0.25, 0.3) is 0 Å². The highest BCUT2D eigenvalue weighted by Gasteiger charge is 2.17. The van der Waals surface area contributed by atoms with Gasteiger partial charge in [-0.05, 0) is 48.4 Å². The van der Waals surface area contributed by atoms with Crippen molar-refractivity contribution < 1.29 is 0 Å². The monoisotopic (exact) mass is 325 g/mol. The largest absolute Gasteiger partial charge is 0.358 e. The van der Waals surface area contributed by atoms with Gasteiger partial charge < -0.3 is 4.98 Å². The Morgan fingerprint density at radius 1 is 0.640 bits per heavy atom. The van der Waals surface area contributed by atoms with E-state index in [4.69, 9.17) is 0 Å². The zero-order valence-corrected chi connectivity index (χ0v) is 14.4. The van der Waals surface area contributed by atoms with E-state index in [0.29, 0.717) is 0 Å². The zero-order chi connectivity index (χ0) is 16.9. The molecule has 0 unspecified atom stereocenters. The summed E-state index contributed by atoms with van der Waals surface area (Å²) < 4.78 is 0. The predicted molar refractivity (Wildman–Crippen MR) is 108 cm³/mol. The lowest BCUT2D eigenvalue weighted by Gasteiger charge is -2.11. The van der Waals surface area contributed by atoms with E-state index in [0.717, 1.165) is 0 Å². The fourth-order valence-corrected chi connectivity index (χ4v) is 3.54. The number of nitrogens with one attached hydrogen (secondary N) is 1. The Hall–Kier alpha value is -2.80. The first kappa shape index (κ1) is 15.7. The minimum atomic E-state index is 1.17. The van der Waals surface area contributed by atoms with Crippen LogP contribution >= 0.6 is 0 Å². The summed E-state index contributed by atoms with van der Waals surface area (Å²) in [7, 11) is 0. The third-order valence-corrected chi connectivity index (χ3v) is 4.85. The van der Waals surface area contributed by atoms with E-state index < -0.39 is 0 Å². The van der Waals surface area contributed by atoms with E-state index in [1.807, 2.05) is 0 Å². The van der Waals surface area contributed by atoms with E-state index in [2.05, 4.69) is 90.0 Å². The van der Waals surface area contributed by atoms with Gasteiger partial charge in [0.05, 0.1) is 0 Å². The van der Waals surface area contributed by atoms with Crippen molar-refractivity contribution in [2.75, 3.05) is 0 Å². The molecule has 4 rings (SSSR count). The molecular weight excluding hydrogens is 302 g/mol. The first-order chi connectivity index (χ1) is 12.4. The van der Waals surface area contributed by atoms with E-state index in [-0.39, 0.29) is 0 Å². The van der Waals surface area contributed by atoms with Crippen molar-refractivity contribution in [2.24, 2.45) is 0 Å². The Balaban J connectivity index is 1.69. The first-order valence-corrected chi connectivity index (χ1v) is 9.10. The molecule has 1 aliphatic carbocycles. The molecule has 0 atom stereocenters. The second kappa shape index (κ2) is 7.40. The Bertz CT molecular complexity index is 883. The summed E-state index contributed by atoms with van der Waals surface area (Å²) in [4.78, 5) is 3.67. The second-order valence-corrected chi connectivity index (χ2v) is 6.60. The molecule has 0 spiro atoms. The second-order valence-electron chi connectivity index (χ2n) is 6.60. The number of benzene rings is 2. The van der Waals surface area contributed by atoms with Gasteiger partial charge in [0.15, 0.2) is 0 Å². The summed E-state index contributed by atoms with van der Waals surface area (Å²) >= 11 is 0. The molecule has 0 saturated heterocycles. The third kappa shape index (κ3) is 3.66. The van der Waals surface area contributed by atoms with Gasteiger partial charge in [0, 0.05) is 17.0 Å². The van der Waals surface area contributed by atoms with Gasteiger partial charge in [-0.1, -0.05) is 78.9 Å². The van der Waals surface area contributed by atoms with E-state index in [1.165, 1.54) is 59.3 Å². The lowest BCUT2D eigenvalue weighted by atomic mass is 9.94. The van der Waals surface area contributed by atoms with Crippen molar-refractivity contribution in [3.63, 3.8) is 0 Å². The molecule has 0 aliphatic heterocycles. The number of fused-ring (bicyclic) bond motifs is 1. The highest BCUT2D eigenvalue weighted by atomic mass is 14.7. The van der Waals surface area contributed by atoms with Crippen LogP contribution in [0.2, 0.25) is 0 Å². The highest BCUT2D eigenvalue weighted by molar-refractivity contribution is 5.80. The van der Waals surface area contributed by atoms with Crippen LogP contribution in [0.3, 0.4) is 0 Å². The molecule has 3 aromatic rings. The van der Waals surface area contributed by atoms with Gasteiger partial charge in [0.2, 0.25) is 0 Å². The van der Waals surface area contributed by atoms with Gasteiger partial charge in [-0.15, -0.1) is 0 Å². The molecule has 0 bridgehead atoms. The maximum atomic E-state index is 3.67.